The fourth-order valence-electron chi connectivity index (χ4n) is 9.95. The Morgan fingerprint density at radius 1 is 0.610 bits per heavy atom. The highest BCUT2D eigenvalue weighted by molar-refractivity contribution is 5.99. The summed E-state index contributed by atoms with van der Waals surface area (Å²) in [6, 6.07) is 12.9. The van der Waals surface area contributed by atoms with Gasteiger partial charge in [-0.15, -0.1) is 0 Å². The lowest BCUT2D eigenvalue weighted by atomic mass is 9.97. The number of H-pyrrole nitrogens is 2. The van der Waals surface area contributed by atoms with Gasteiger partial charge in [0.25, 0.3) is 0 Å². The number of aliphatic carboxylic acids is 1. The number of aryl methyl sites for hydroxylation is 2. The first-order valence-electron chi connectivity index (χ1n) is 26.5. The first-order valence-corrected chi connectivity index (χ1v) is 26.5. The van der Waals surface area contributed by atoms with Gasteiger partial charge in [0.15, 0.2) is 0 Å². The molecule has 0 aliphatic carbocycles. The average Bonchev–Trinajstić information content (AvgIpc) is 4.08. The van der Waals surface area contributed by atoms with Crippen LogP contribution in [0.15, 0.2) is 67.8 Å². The van der Waals surface area contributed by atoms with Crippen molar-refractivity contribution in [2.24, 2.45) is 17.8 Å². The van der Waals surface area contributed by atoms with Crippen molar-refractivity contribution in [3.63, 3.8) is 0 Å². The molecule has 0 saturated carbocycles. The fraction of sp³-hybridized carbons (Fsp3) is 0.410. The third kappa shape index (κ3) is 14.3. The van der Waals surface area contributed by atoms with E-state index >= 15 is 0 Å². The first kappa shape index (κ1) is 58.4. The van der Waals surface area contributed by atoms with E-state index in [4.69, 9.17) is 14.7 Å². The minimum absolute atomic E-state index is 0.0230. The normalized spacial score (nSPS) is 14.0. The summed E-state index contributed by atoms with van der Waals surface area (Å²) in [5.74, 6) is -4.14. The molecule has 2 aliphatic rings. The number of fused-ring (bicyclic) bond motifs is 8. The van der Waals surface area contributed by atoms with Crippen molar-refractivity contribution >= 4 is 92.1 Å². The molecule has 5 heterocycles. The molecule has 0 unspecified atom stereocenters. The Labute approximate surface area is 451 Å². The summed E-state index contributed by atoms with van der Waals surface area (Å²) in [6.07, 6.45) is 4.65. The van der Waals surface area contributed by atoms with E-state index in [0.717, 1.165) is 72.2 Å². The van der Waals surface area contributed by atoms with Crippen LogP contribution in [-0.4, -0.2) is 91.9 Å². The van der Waals surface area contributed by atoms with Gasteiger partial charge in [-0.2, -0.15) is 0 Å². The molecule has 4 aromatic rings. The summed E-state index contributed by atoms with van der Waals surface area (Å²) >= 11 is 0. The van der Waals surface area contributed by atoms with Gasteiger partial charge >= 0.3 is 11.9 Å². The number of rotatable bonds is 23. The van der Waals surface area contributed by atoms with Gasteiger partial charge in [0.2, 0.25) is 23.6 Å². The van der Waals surface area contributed by atoms with Crippen molar-refractivity contribution in [1.29, 1.82) is 0 Å². The molecule has 4 amide bonds. The number of hydrogen-bond acceptors (Lipinski definition) is 9. The summed E-state index contributed by atoms with van der Waals surface area (Å²) in [6.45, 7) is 27.4. The number of carboxylic acid groups (broad SMARTS) is 1. The molecular formula is C61H76N8O8. The molecule has 0 spiro atoms. The predicted molar refractivity (Wildman–Crippen MR) is 305 cm³/mol. The minimum Gasteiger partial charge on any atom is -0.481 e. The number of nitrogens with one attached hydrogen (secondary N) is 6. The molecule has 16 heteroatoms. The van der Waals surface area contributed by atoms with Gasteiger partial charge in [-0.3, -0.25) is 24.0 Å². The van der Waals surface area contributed by atoms with E-state index in [9.17, 15) is 33.9 Å². The van der Waals surface area contributed by atoms with E-state index in [0.29, 0.717) is 22.8 Å². The van der Waals surface area contributed by atoms with Crippen LogP contribution in [0, 0.1) is 31.6 Å². The van der Waals surface area contributed by atoms with Crippen molar-refractivity contribution in [3.05, 3.63) is 118 Å². The van der Waals surface area contributed by atoms with E-state index in [-0.39, 0.29) is 56.8 Å². The molecule has 408 valence electrons. The molecule has 0 fully saturated rings. The number of carbonyl (C=O) groups is 6. The van der Waals surface area contributed by atoms with Crippen molar-refractivity contribution in [3.8, 4) is 0 Å². The number of aromatic nitrogens is 4. The van der Waals surface area contributed by atoms with Crippen molar-refractivity contribution in [1.82, 2.24) is 41.2 Å². The summed E-state index contributed by atoms with van der Waals surface area (Å²) in [4.78, 5) is 98.7. The lowest BCUT2D eigenvalue weighted by Crippen LogP contribution is -2.59. The zero-order chi connectivity index (χ0) is 56.4. The highest BCUT2D eigenvalue weighted by Gasteiger charge is 2.34. The smallest absolute Gasteiger partial charge is 0.328 e. The summed E-state index contributed by atoms with van der Waals surface area (Å²) < 4.78 is 5.01. The Morgan fingerprint density at radius 2 is 1.09 bits per heavy atom. The molecule has 0 radical (unpaired) electrons. The maximum absolute atomic E-state index is 14.3. The Hall–Kier alpha value is -7.88. The van der Waals surface area contributed by atoms with Crippen LogP contribution in [0.4, 0.5) is 0 Å². The number of aromatic amines is 2. The zero-order valence-corrected chi connectivity index (χ0v) is 46.5. The van der Waals surface area contributed by atoms with E-state index < -0.39 is 65.7 Å². The Balaban J connectivity index is 1.29. The van der Waals surface area contributed by atoms with Crippen molar-refractivity contribution in [2.75, 3.05) is 7.11 Å². The quantitative estimate of drug-likeness (QED) is 0.0347. The van der Waals surface area contributed by atoms with Gasteiger partial charge in [-0.1, -0.05) is 97.2 Å². The number of hydrogen-bond donors (Lipinski definition) is 7. The molecule has 7 N–H and O–H groups in total. The first-order chi connectivity index (χ1) is 36.5. The lowest BCUT2D eigenvalue weighted by Gasteiger charge is -2.28. The molecule has 8 bridgehead atoms. The summed E-state index contributed by atoms with van der Waals surface area (Å²) in [7, 11) is 1.25. The second-order valence-electron chi connectivity index (χ2n) is 21.3. The topological polar surface area (TPSA) is 237 Å². The van der Waals surface area contributed by atoms with Gasteiger partial charge in [-0.05, 0) is 134 Å². The summed E-state index contributed by atoms with van der Waals surface area (Å²) in [5.41, 5.74) is 13.6. The lowest BCUT2D eigenvalue weighted by molar-refractivity contribution is -0.145. The Bertz CT molecular complexity index is 3180. The average molecular weight is 1050 g/mol. The van der Waals surface area contributed by atoms with Crippen LogP contribution < -0.4 is 21.3 Å². The van der Waals surface area contributed by atoms with Crippen LogP contribution in [0.25, 0.3) is 56.5 Å². The second-order valence-corrected chi connectivity index (χ2v) is 21.3. The zero-order valence-electron chi connectivity index (χ0n) is 46.5. The van der Waals surface area contributed by atoms with Crippen LogP contribution in [-0.2, 0) is 39.9 Å². The van der Waals surface area contributed by atoms with Gasteiger partial charge < -0.3 is 41.1 Å². The maximum Gasteiger partial charge on any atom is 0.328 e. The van der Waals surface area contributed by atoms with Crippen LogP contribution >= 0.6 is 0 Å². The molecular weight excluding hydrogens is 973 g/mol. The van der Waals surface area contributed by atoms with Crippen LogP contribution in [0.5, 0.6) is 0 Å². The van der Waals surface area contributed by atoms with Gasteiger partial charge in [0.05, 0.1) is 29.9 Å². The van der Waals surface area contributed by atoms with E-state index in [2.05, 4.69) is 44.4 Å². The molecule has 2 aliphatic heterocycles. The monoisotopic (exact) mass is 1050 g/mol. The highest BCUT2D eigenvalue weighted by atomic mass is 16.5. The van der Waals surface area contributed by atoms with Gasteiger partial charge in [0.1, 0.15) is 24.2 Å². The third-order valence-corrected chi connectivity index (χ3v) is 14.3. The summed E-state index contributed by atoms with van der Waals surface area (Å²) in [5, 5.41) is 21.3. The maximum atomic E-state index is 14.3. The van der Waals surface area contributed by atoms with Gasteiger partial charge in [0, 0.05) is 52.5 Å². The predicted octanol–water partition coefficient (Wildman–Crippen LogP) is 9.83. The number of allylic oxidation sites excluding steroid dienone is 4. The number of carbonyl (C=O) groups excluding carboxylic acids is 5. The SMILES string of the molecule is C=Cc1c(C)c2cc3[nH]c(cc4nc(cc5nc(cc1[nH]2)C(C)=C5CCC(=O)O)C(CCC(=O)N[C@H](CC(C)C)C(=O)N[C@H](CC(C)C)C(=O)N[C@@H](C(=O)N[C@H](Cc1ccccc1)C(=O)OC)C(C)C)=C4C)c(C)c3C=C. The standard InChI is InChI=1S/C61H76N8O8/c1-14-40-35(9)44-28-45-37(11)42(50(64-45)31-51-43(22-24-56(71)72)38(12)47(65-51)30-49-41(15-2)36(10)46(63-49)29-48(40)62-44)21-23-55(70)66-52(25-32(3)4)58(73)67-53(26-33(5)6)59(74)69-57(34(7)8)60(75)68-54(61(76)77-13)27-39-19-17-16-18-20-39/h14-20,28-34,52-54,57,62-63H,1-2,21-27H2,3-13H3,(H,66,70)(H,67,73)(H,68,75)(H,69,74)(H,71,72)/t52-,53-,54-,57-/m1/s1. The molecule has 1 aromatic carbocycles. The molecule has 0 saturated heterocycles. The molecule has 3 aromatic heterocycles. The number of ether oxygens (including phenoxy) is 1. The fourth-order valence-corrected chi connectivity index (χ4v) is 9.95. The minimum atomic E-state index is -1.06. The van der Waals surface area contributed by atoms with E-state index in [1.165, 1.54) is 7.11 Å². The second kappa shape index (κ2) is 25.8. The number of carboxylic acids is 1. The van der Waals surface area contributed by atoms with Gasteiger partial charge in [-0.25, -0.2) is 14.8 Å². The largest absolute Gasteiger partial charge is 0.481 e. The highest BCUT2D eigenvalue weighted by Crippen LogP contribution is 2.38. The number of benzene rings is 1. The van der Waals surface area contributed by atoms with Crippen LogP contribution in [0.3, 0.4) is 0 Å². The van der Waals surface area contributed by atoms with E-state index in [1.54, 1.807) is 19.9 Å². The van der Waals surface area contributed by atoms with Crippen molar-refractivity contribution < 1.29 is 38.6 Å². The third-order valence-electron chi connectivity index (χ3n) is 14.3. The molecule has 6 rings (SSSR count). The Morgan fingerprint density at radius 3 is 1.60 bits per heavy atom. The number of nitrogens with zero attached hydrogens (tertiary/aromatic N) is 2. The van der Waals surface area contributed by atoms with Crippen LogP contribution in [0.1, 0.15) is 145 Å². The van der Waals surface area contributed by atoms with Crippen molar-refractivity contribution in [2.45, 2.75) is 138 Å². The molecule has 4 atom stereocenters. The van der Waals surface area contributed by atoms with E-state index in [1.807, 2.05) is 116 Å². The number of amides is 4. The molecule has 16 nitrogen and oxygen atoms in total. The number of methoxy groups -OCH3 is 1. The van der Waals surface area contributed by atoms with Crippen LogP contribution in [0.2, 0.25) is 0 Å². The molecule has 77 heavy (non-hydrogen) atoms. The Kier molecular flexibility index (Phi) is 19.5. The number of esters is 1.